The molecule has 0 fully saturated rings. The van der Waals surface area contributed by atoms with E-state index in [9.17, 15) is 13.2 Å². The molecule has 0 aliphatic carbocycles. The lowest BCUT2D eigenvalue weighted by atomic mass is 10.1. The summed E-state index contributed by atoms with van der Waals surface area (Å²) >= 11 is 1.28. The minimum Gasteiger partial charge on any atom is -0.355 e. The van der Waals surface area contributed by atoms with Gasteiger partial charge in [0.2, 0.25) is 5.91 Å². The molecule has 1 atom stereocenters. The van der Waals surface area contributed by atoms with E-state index in [1.165, 1.54) is 15.6 Å². The van der Waals surface area contributed by atoms with E-state index in [2.05, 4.69) is 10.6 Å². The van der Waals surface area contributed by atoms with Gasteiger partial charge in [-0.3, -0.25) is 4.79 Å². The number of carbonyl (C=O) groups excluding carboxylic acids is 1. The SMILES string of the molecule is CCN(CC)S(=O)(=O)c1ccc(CCNC(=O)C(C)CNC)s1. The molecule has 1 heterocycles. The standard InChI is InChI=1S/C15H27N3O3S2/c1-5-18(6-2)23(20,21)14-8-7-13(22-14)9-10-17-15(19)12(3)11-16-4/h7-8,12,16H,5-6,9-11H2,1-4H3,(H,17,19). The minimum atomic E-state index is -3.39. The monoisotopic (exact) mass is 361 g/mol. The van der Waals surface area contributed by atoms with Crippen LogP contribution < -0.4 is 10.6 Å². The Kier molecular flexibility index (Phi) is 8.18. The van der Waals surface area contributed by atoms with E-state index in [1.54, 1.807) is 6.07 Å². The number of amides is 1. The van der Waals surface area contributed by atoms with Crippen LogP contribution in [0.25, 0.3) is 0 Å². The van der Waals surface area contributed by atoms with E-state index < -0.39 is 10.0 Å². The third kappa shape index (κ3) is 5.56. The van der Waals surface area contributed by atoms with E-state index in [0.29, 0.717) is 36.8 Å². The zero-order valence-corrected chi connectivity index (χ0v) is 15.9. The second-order valence-corrected chi connectivity index (χ2v) is 8.64. The van der Waals surface area contributed by atoms with Gasteiger partial charge in [-0.05, 0) is 25.6 Å². The predicted molar refractivity (Wildman–Crippen MR) is 94.2 cm³/mol. The molecule has 1 aromatic rings. The van der Waals surface area contributed by atoms with Crippen molar-refractivity contribution in [2.75, 3.05) is 33.2 Å². The Balaban J connectivity index is 2.59. The number of rotatable bonds is 10. The molecule has 0 aliphatic heterocycles. The van der Waals surface area contributed by atoms with Crippen molar-refractivity contribution in [1.82, 2.24) is 14.9 Å². The summed E-state index contributed by atoms with van der Waals surface area (Å²) in [5.74, 6) is -0.0752. The Bertz CT molecular complexity index is 595. The van der Waals surface area contributed by atoms with Gasteiger partial charge in [-0.2, -0.15) is 4.31 Å². The van der Waals surface area contributed by atoms with Crippen molar-refractivity contribution in [2.24, 2.45) is 5.92 Å². The van der Waals surface area contributed by atoms with Crippen molar-refractivity contribution in [3.8, 4) is 0 Å². The molecule has 0 saturated heterocycles. The lowest BCUT2D eigenvalue weighted by molar-refractivity contribution is -0.124. The van der Waals surface area contributed by atoms with E-state index >= 15 is 0 Å². The average Bonchev–Trinajstić information content (AvgIpc) is 2.98. The predicted octanol–water partition coefficient (Wildman–Crippen LogP) is 1.29. The summed E-state index contributed by atoms with van der Waals surface area (Å²) in [7, 11) is -1.57. The lowest BCUT2D eigenvalue weighted by Gasteiger charge is -2.16. The van der Waals surface area contributed by atoms with Gasteiger partial charge >= 0.3 is 0 Å². The van der Waals surface area contributed by atoms with Gasteiger partial charge in [-0.25, -0.2) is 8.42 Å². The molecule has 23 heavy (non-hydrogen) atoms. The first-order valence-electron chi connectivity index (χ1n) is 7.87. The number of sulfonamides is 1. The minimum absolute atomic E-state index is 0.00638. The van der Waals surface area contributed by atoms with E-state index in [1.807, 2.05) is 33.9 Å². The number of nitrogens with zero attached hydrogens (tertiary/aromatic N) is 1. The van der Waals surface area contributed by atoms with Gasteiger partial charge in [-0.15, -0.1) is 11.3 Å². The Labute approximate surface area is 143 Å². The van der Waals surface area contributed by atoms with Crippen molar-refractivity contribution in [1.29, 1.82) is 0 Å². The van der Waals surface area contributed by atoms with Gasteiger partial charge in [0.05, 0.1) is 0 Å². The fourth-order valence-electron chi connectivity index (χ4n) is 2.20. The normalized spacial score (nSPS) is 13.3. The highest BCUT2D eigenvalue weighted by Crippen LogP contribution is 2.25. The smallest absolute Gasteiger partial charge is 0.252 e. The maximum atomic E-state index is 12.4. The number of thiophene rings is 1. The van der Waals surface area contributed by atoms with Crippen LogP contribution in [0.15, 0.2) is 16.3 Å². The highest BCUT2D eigenvalue weighted by atomic mass is 32.2. The topological polar surface area (TPSA) is 78.5 Å². The summed E-state index contributed by atoms with van der Waals surface area (Å²) in [5.41, 5.74) is 0. The Hall–Kier alpha value is -0.960. The van der Waals surface area contributed by atoms with Crippen LogP contribution in [0.1, 0.15) is 25.6 Å². The zero-order chi connectivity index (χ0) is 17.5. The van der Waals surface area contributed by atoms with Gasteiger partial charge in [0.1, 0.15) is 4.21 Å². The first kappa shape index (κ1) is 20.1. The molecule has 0 saturated carbocycles. The second-order valence-electron chi connectivity index (χ2n) is 5.31. The van der Waals surface area contributed by atoms with Crippen LogP contribution in [0.3, 0.4) is 0 Å². The molecule has 1 amide bonds. The largest absolute Gasteiger partial charge is 0.355 e. The number of nitrogens with one attached hydrogen (secondary N) is 2. The molecule has 0 bridgehead atoms. The maximum Gasteiger partial charge on any atom is 0.252 e. The average molecular weight is 362 g/mol. The molecule has 0 spiro atoms. The van der Waals surface area contributed by atoms with Crippen molar-refractivity contribution >= 4 is 27.3 Å². The fraction of sp³-hybridized carbons (Fsp3) is 0.667. The van der Waals surface area contributed by atoms with Crippen molar-refractivity contribution < 1.29 is 13.2 Å². The Morgan fingerprint density at radius 1 is 1.30 bits per heavy atom. The molecule has 8 heteroatoms. The summed E-state index contributed by atoms with van der Waals surface area (Å²) in [4.78, 5) is 12.8. The summed E-state index contributed by atoms with van der Waals surface area (Å²) in [6.45, 7) is 7.60. The third-order valence-corrected chi connectivity index (χ3v) is 7.23. The first-order valence-corrected chi connectivity index (χ1v) is 10.1. The third-order valence-electron chi connectivity index (χ3n) is 3.57. The van der Waals surface area contributed by atoms with Crippen molar-refractivity contribution in [3.63, 3.8) is 0 Å². The maximum absolute atomic E-state index is 12.4. The molecule has 0 radical (unpaired) electrons. The highest BCUT2D eigenvalue weighted by molar-refractivity contribution is 7.91. The zero-order valence-electron chi connectivity index (χ0n) is 14.3. The summed E-state index contributed by atoms with van der Waals surface area (Å²) in [6, 6.07) is 3.48. The number of carbonyl (C=O) groups is 1. The van der Waals surface area contributed by atoms with Gasteiger partial charge < -0.3 is 10.6 Å². The molecular formula is C15H27N3O3S2. The molecular weight excluding hydrogens is 334 g/mol. The van der Waals surface area contributed by atoms with Gasteiger partial charge in [0.15, 0.2) is 0 Å². The quantitative estimate of drug-likeness (QED) is 0.658. The highest BCUT2D eigenvalue weighted by Gasteiger charge is 2.23. The molecule has 1 aromatic heterocycles. The molecule has 1 rings (SSSR count). The molecule has 132 valence electrons. The van der Waals surface area contributed by atoms with Crippen LogP contribution in [0.2, 0.25) is 0 Å². The summed E-state index contributed by atoms with van der Waals surface area (Å²) in [5, 5.41) is 5.84. The van der Waals surface area contributed by atoms with Crippen LogP contribution in [0, 0.1) is 5.92 Å². The van der Waals surface area contributed by atoms with Crippen LogP contribution in [0.5, 0.6) is 0 Å². The van der Waals surface area contributed by atoms with Crippen LogP contribution in [-0.4, -0.2) is 51.9 Å². The van der Waals surface area contributed by atoms with E-state index in [-0.39, 0.29) is 11.8 Å². The molecule has 1 unspecified atom stereocenters. The van der Waals surface area contributed by atoms with Gasteiger partial charge in [0, 0.05) is 37.0 Å². The summed E-state index contributed by atoms with van der Waals surface area (Å²) < 4.78 is 26.6. The second kappa shape index (κ2) is 9.36. The van der Waals surface area contributed by atoms with Crippen LogP contribution in [-0.2, 0) is 21.2 Å². The van der Waals surface area contributed by atoms with Crippen LogP contribution >= 0.6 is 11.3 Å². The molecule has 0 aromatic carbocycles. The number of hydrogen-bond acceptors (Lipinski definition) is 5. The van der Waals surface area contributed by atoms with Crippen LogP contribution in [0.4, 0.5) is 0 Å². The fourth-order valence-corrected chi connectivity index (χ4v) is 5.17. The van der Waals surface area contributed by atoms with E-state index in [4.69, 9.17) is 0 Å². The summed E-state index contributed by atoms with van der Waals surface area (Å²) in [6.07, 6.45) is 0.635. The Morgan fingerprint density at radius 2 is 1.96 bits per heavy atom. The molecule has 0 aliphatic rings. The van der Waals surface area contributed by atoms with Crippen molar-refractivity contribution in [2.45, 2.75) is 31.4 Å². The number of hydrogen-bond donors (Lipinski definition) is 2. The van der Waals surface area contributed by atoms with Gasteiger partial charge in [-0.1, -0.05) is 20.8 Å². The lowest BCUT2D eigenvalue weighted by Crippen LogP contribution is -2.35. The first-order chi connectivity index (χ1) is 10.9. The molecule has 2 N–H and O–H groups in total. The molecule has 6 nitrogen and oxygen atoms in total. The Morgan fingerprint density at radius 3 is 2.52 bits per heavy atom. The van der Waals surface area contributed by atoms with Gasteiger partial charge in [0.25, 0.3) is 10.0 Å². The van der Waals surface area contributed by atoms with Crippen molar-refractivity contribution in [3.05, 3.63) is 17.0 Å². The van der Waals surface area contributed by atoms with E-state index in [0.717, 1.165) is 4.88 Å².